The van der Waals surface area contributed by atoms with E-state index in [2.05, 4.69) is 27.5 Å². The van der Waals surface area contributed by atoms with Crippen LogP contribution in [0.1, 0.15) is 29.6 Å². The number of hydrogen-bond acceptors (Lipinski definition) is 4. The van der Waals surface area contributed by atoms with Gasteiger partial charge in [-0.05, 0) is 43.5 Å². The van der Waals surface area contributed by atoms with Gasteiger partial charge in [-0.1, -0.05) is 35.5 Å². The van der Waals surface area contributed by atoms with Gasteiger partial charge in [-0.25, -0.2) is 0 Å². The van der Waals surface area contributed by atoms with Crippen LogP contribution in [0.4, 0.5) is 11.4 Å². The molecule has 1 aliphatic rings. The Bertz CT molecular complexity index is 866. The molecule has 0 radical (unpaired) electrons. The third-order valence-electron chi connectivity index (χ3n) is 4.70. The number of hydrogen-bond donors (Lipinski definition) is 1. The van der Waals surface area contributed by atoms with E-state index in [1.165, 1.54) is 31.1 Å². The highest BCUT2D eigenvalue weighted by Crippen LogP contribution is 2.25. The van der Waals surface area contributed by atoms with E-state index >= 15 is 0 Å². The lowest BCUT2D eigenvalue weighted by Crippen LogP contribution is -2.29. The average Bonchev–Trinajstić information content (AvgIpc) is 3.20. The van der Waals surface area contributed by atoms with Crippen molar-refractivity contribution in [3.63, 3.8) is 0 Å². The normalized spacial score (nSPS) is 14.2. The predicted molar refractivity (Wildman–Crippen MR) is 102 cm³/mol. The van der Waals surface area contributed by atoms with Crippen LogP contribution in [0.5, 0.6) is 0 Å². The number of nitrogens with one attached hydrogen (secondary N) is 1. The molecule has 1 saturated heterocycles. The van der Waals surface area contributed by atoms with Crippen molar-refractivity contribution in [2.45, 2.75) is 19.3 Å². The minimum Gasteiger partial charge on any atom is -0.372 e. The smallest absolute Gasteiger partial charge is 0.261 e. The van der Waals surface area contributed by atoms with E-state index in [1.807, 2.05) is 42.5 Å². The molecule has 1 amide bonds. The number of benzene rings is 2. The molecule has 1 N–H and O–H groups in total. The maximum absolute atomic E-state index is 12.6. The summed E-state index contributed by atoms with van der Waals surface area (Å²) in [5.74, 6) is 0.254. The van der Waals surface area contributed by atoms with Gasteiger partial charge in [0.1, 0.15) is 5.56 Å². The molecule has 132 valence electrons. The summed E-state index contributed by atoms with van der Waals surface area (Å²) in [5.41, 5.74) is 3.22. The van der Waals surface area contributed by atoms with Crippen molar-refractivity contribution >= 4 is 17.3 Å². The quantitative estimate of drug-likeness (QED) is 0.750. The Labute approximate surface area is 152 Å². The van der Waals surface area contributed by atoms with Gasteiger partial charge in [-0.2, -0.15) is 0 Å². The van der Waals surface area contributed by atoms with Gasteiger partial charge in [0.15, 0.2) is 5.76 Å². The van der Waals surface area contributed by atoms with Crippen LogP contribution in [0.15, 0.2) is 65.3 Å². The summed E-state index contributed by atoms with van der Waals surface area (Å²) >= 11 is 0. The molecule has 26 heavy (non-hydrogen) atoms. The molecular formula is C21H21N3O2. The molecule has 0 unspecified atom stereocenters. The summed E-state index contributed by atoms with van der Waals surface area (Å²) in [5, 5.41) is 6.72. The van der Waals surface area contributed by atoms with Gasteiger partial charge >= 0.3 is 0 Å². The summed E-state index contributed by atoms with van der Waals surface area (Å²) in [6, 6.07) is 17.5. The molecular weight excluding hydrogens is 326 g/mol. The lowest BCUT2D eigenvalue weighted by atomic mass is 10.1. The van der Waals surface area contributed by atoms with Crippen molar-refractivity contribution < 1.29 is 9.32 Å². The van der Waals surface area contributed by atoms with Gasteiger partial charge in [-0.3, -0.25) is 4.79 Å². The molecule has 0 atom stereocenters. The fraction of sp³-hybridized carbons (Fsp3) is 0.238. The average molecular weight is 347 g/mol. The number of aromatic nitrogens is 1. The van der Waals surface area contributed by atoms with Crippen LogP contribution in [-0.2, 0) is 0 Å². The summed E-state index contributed by atoms with van der Waals surface area (Å²) < 4.78 is 5.29. The fourth-order valence-electron chi connectivity index (χ4n) is 3.31. The van der Waals surface area contributed by atoms with Gasteiger partial charge in [0.2, 0.25) is 0 Å². The van der Waals surface area contributed by atoms with Gasteiger partial charge in [0.25, 0.3) is 5.91 Å². The number of nitrogens with zero attached hydrogens (tertiary/aromatic N) is 2. The highest BCUT2D eigenvalue weighted by atomic mass is 16.5. The van der Waals surface area contributed by atoms with Crippen molar-refractivity contribution in [3.05, 3.63) is 66.4 Å². The second-order valence-corrected chi connectivity index (χ2v) is 6.48. The molecule has 5 nitrogen and oxygen atoms in total. The molecule has 0 saturated carbocycles. The van der Waals surface area contributed by atoms with E-state index < -0.39 is 0 Å². The first-order chi connectivity index (χ1) is 12.8. The maximum atomic E-state index is 12.6. The Kier molecular flexibility index (Phi) is 4.69. The number of anilines is 2. The monoisotopic (exact) mass is 347 g/mol. The second kappa shape index (κ2) is 7.44. The molecule has 1 aromatic heterocycles. The fourth-order valence-corrected chi connectivity index (χ4v) is 3.31. The van der Waals surface area contributed by atoms with Crippen LogP contribution in [0.3, 0.4) is 0 Å². The Balaban J connectivity index is 1.48. The minimum absolute atomic E-state index is 0.226. The first-order valence-corrected chi connectivity index (χ1v) is 8.98. The number of carbonyl (C=O) groups is 1. The van der Waals surface area contributed by atoms with Gasteiger partial charge in [0, 0.05) is 30.0 Å². The lowest BCUT2D eigenvalue weighted by Gasteiger charge is -2.28. The SMILES string of the molecule is O=C(Nc1ccc(N2CCCCC2)cc1)c1cnoc1-c1ccccc1. The third kappa shape index (κ3) is 3.47. The number of piperidine rings is 1. The molecule has 0 spiro atoms. The topological polar surface area (TPSA) is 58.4 Å². The second-order valence-electron chi connectivity index (χ2n) is 6.48. The largest absolute Gasteiger partial charge is 0.372 e. The zero-order valence-corrected chi connectivity index (χ0v) is 14.5. The number of amides is 1. The summed E-state index contributed by atoms with van der Waals surface area (Å²) in [7, 11) is 0. The van der Waals surface area contributed by atoms with Crippen molar-refractivity contribution in [2.75, 3.05) is 23.3 Å². The lowest BCUT2D eigenvalue weighted by molar-refractivity contribution is 0.102. The van der Waals surface area contributed by atoms with E-state index in [-0.39, 0.29) is 5.91 Å². The van der Waals surface area contributed by atoms with E-state index in [4.69, 9.17) is 4.52 Å². The van der Waals surface area contributed by atoms with Crippen molar-refractivity contribution in [1.29, 1.82) is 0 Å². The molecule has 1 aliphatic heterocycles. The summed E-state index contributed by atoms with van der Waals surface area (Å²) in [6.07, 6.45) is 5.26. The van der Waals surface area contributed by atoms with Gasteiger partial charge in [0.05, 0.1) is 6.20 Å². The van der Waals surface area contributed by atoms with E-state index in [0.717, 1.165) is 24.3 Å². The van der Waals surface area contributed by atoms with Crippen molar-refractivity contribution in [2.24, 2.45) is 0 Å². The van der Waals surface area contributed by atoms with Crippen LogP contribution in [0, 0.1) is 0 Å². The van der Waals surface area contributed by atoms with Crippen LogP contribution >= 0.6 is 0 Å². The molecule has 2 aromatic carbocycles. The highest BCUT2D eigenvalue weighted by molar-refractivity contribution is 6.07. The number of carbonyl (C=O) groups excluding carboxylic acids is 1. The van der Waals surface area contributed by atoms with Crippen molar-refractivity contribution in [3.8, 4) is 11.3 Å². The maximum Gasteiger partial charge on any atom is 0.261 e. The Morgan fingerprint density at radius 3 is 2.42 bits per heavy atom. The van der Waals surface area contributed by atoms with Crippen LogP contribution in [-0.4, -0.2) is 24.2 Å². The molecule has 3 aromatic rings. The Morgan fingerprint density at radius 1 is 0.962 bits per heavy atom. The van der Waals surface area contributed by atoms with Gasteiger partial charge in [-0.15, -0.1) is 0 Å². The highest BCUT2D eigenvalue weighted by Gasteiger charge is 2.18. The van der Waals surface area contributed by atoms with Gasteiger partial charge < -0.3 is 14.7 Å². The predicted octanol–water partition coefficient (Wildman–Crippen LogP) is 4.58. The van der Waals surface area contributed by atoms with E-state index in [9.17, 15) is 4.79 Å². The zero-order valence-electron chi connectivity index (χ0n) is 14.5. The van der Waals surface area contributed by atoms with Crippen LogP contribution < -0.4 is 10.2 Å². The van der Waals surface area contributed by atoms with Crippen molar-refractivity contribution in [1.82, 2.24) is 5.16 Å². The first-order valence-electron chi connectivity index (χ1n) is 8.98. The Morgan fingerprint density at radius 2 is 1.69 bits per heavy atom. The standard InChI is InChI=1S/C21H21N3O2/c25-21(19-15-22-26-20(19)16-7-3-1-4-8-16)23-17-9-11-18(12-10-17)24-13-5-2-6-14-24/h1,3-4,7-12,15H,2,5-6,13-14H2,(H,23,25). The zero-order chi connectivity index (χ0) is 17.8. The molecule has 4 rings (SSSR count). The van der Waals surface area contributed by atoms with E-state index in [0.29, 0.717) is 11.3 Å². The molecule has 2 heterocycles. The first kappa shape index (κ1) is 16.4. The third-order valence-corrected chi connectivity index (χ3v) is 4.70. The minimum atomic E-state index is -0.226. The molecule has 5 heteroatoms. The number of rotatable bonds is 4. The van der Waals surface area contributed by atoms with E-state index in [1.54, 1.807) is 0 Å². The van der Waals surface area contributed by atoms with Crippen LogP contribution in [0.25, 0.3) is 11.3 Å². The molecule has 0 aliphatic carbocycles. The summed E-state index contributed by atoms with van der Waals surface area (Å²) in [4.78, 5) is 15.0. The summed E-state index contributed by atoms with van der Waals surface area (Å²) in [6.45, 7) is 2.21. The van der Waals surface area contributed by atoms with Crippen LogP contribution in [0.2, 0.25) is 0 Å². The molecule has 1 fully saturated rings. The Hall–Kier alpha value is -3.08. The molecule has 0 bridgehead atoms.